The summed E-state index contributed by atoms with van der Waals surface area (Å²) in [5.74, 6) is 5.40. The van der Waals surface area contributed by atoms with Crippen molar-refractivity contribution >= 4 is 10.8 Å². The lowest BCUT2D eigenvalue weighted by Crippen LogP contribution is -2.55. The van der Waals surface area contributed by atoms with E-state index in [2.05, 4.69) is 78.9 Å². The minimum absolute atomic E-state index is 0.0790. The number of hydrogen-bond acceptors (Lipinski definition) is 3. The Balaban J connectivity index is 1.22. The molecule has 5 aromatic carbocycles. The molecule has 0 atom stereocenters. The quantitative estimate of drug-likeness (QED) is 0.214. The SMILES string of the molecule is c1ccc(-c2nc(-c3ccccc3)nc(-c3ccc4c(c3)C3(c5ccc6ccccc6c5-4)C4CC5CC(C4)CC3C5)n2)cc1. The zero-order valence-corrected chi connectivity index (χ0v) is 24.7. The molecule has 11 rings (SSSR count). The molecule has 3 nitrogen and oxygen atoms in total. The second kappa shape index (κ2) is 9.19. The summed E-state index contributed by atoms with van der Waals surface area (Å²) >= 11 is 0. The lowest BCUT2D eigenvalue weighted by atomic mass is 9.43. The van der Waals surface area contributed by atoms with Gasteiger partial charge in [-0.3, -0.25) is 0 Å². The van der Waals surface area contributed by atoms with E-state index in [0.29, 0.717) is 23.5 Å². The lowest BCUT2D eigenvalue weighted by molar-refractivity contribution is -0.0399. The first-order valence-corrected chi connectivity index (χ1v) is 16.3. The Bertz CT molecular complexity index is 2000. The van der Waals surface area contributed by atoms with Crippen LogP contribution in [0.4, 0.5) is 0 Å². The van der Waals surface area contributed by atoms with Gasteiger partial charge in [-0.05, 0) is 94.9 Å². The molecule has 1 aromatic heterocycles. The second-order valence-corrected chi connectivity index (χ2v) is 13.7. The van der Waals surface area contributed by atoms with Crippen LogP contribution in [0.1, 0.15) is 43.2 Å². The van der Waals surface area contributed by atoms with Crippen molar-refractivity contribution in [3.63, 3.8) is 0 Å². The summed E-state index contributed by atoms with van der Waals surface area (Å²) in [5.41, 5.74) is 9.19. The number of rotatable bonds is 3. The molecule has 0 radical (unpaired) electrons. The van der Waals surface area contributed by atoms with Crippen LogP contribution in [-0.2, 0) is 5.41 Å². The Morgan fingerprint density at radius 2 is 1.05 bits per heavy atom. The van der Waals surface area contributed by atoms with Crippen LogP contribution < -0.4 is 0 Å². The van der Waals surface area contributed by atoms with Crippen molar-refractivity contribution in [3.05, 3.63) is 126 Å². The van der Waals surface area contributed by atoms with E-state index in [9.17, 15) is 0 Å². The summed E-state index contributed by atoms with van der Waals surface area (Å²) in [5, 5.41) is 2.72. The van der Waals surface area contributed by atoms with Crippen molar-refractivity contribution in [1.29, 1.82) is 0 Å². The van der Waals surface area contributed by atoms with Gasteiger partial charge in [-0.2, -0.15) is 0 Å². The van der Waals surface area contributed by atoms with Crippen molar-refractivity contribution in [3.8, 4) is 45.3 Å². The van der Waals surface area contributed by atoms with Crippen LogP contribution in [0.25, 0.3) is 56.1 Å². The van der Waals surface area contributed by atoms with Crippen molar-refractivity contribution in [2.45, 2.75) is 37.5 Å². The molecule has 4 saturated carbocycles. The minimum Gasteiger partial charge on any atom is -0.208 e. The molecule has 0 saturated heterocycles. The van der Waals surface area contributed by atoms with Gasteiger partial charge in [0.25, 0.3) is 0 Å². The molecule has 3 heteroatoms. The molecule has 1 heterocycles. The maximum absolute atomic E-state index is 5.13. The fraction of sp³-hybridized carbons (Fsp3) is 0.244. The second-order valence-electron chi connectivity index (χ2n) is 13.7. The molecule has 5 aliphatic carbocycles. The maximum atomic E-state index is 5.13. The van der Waals surface area contributed by atoms with Crippen molar-refractivity contribution in [1.82, 2.24) is 15.0 Å². The van der Waals surface area contributed by atoms with Gasteiger partial charge in [0.05, 0.1) is 0 Å². The molecule has 6 aromatic rings. The van der Waals surface area contributed by atoms with E-state index >= 15 is 0 Å². The molecular formula is C41H33N3. The fourth-order valence-electron chi connectivity index (χ4n) is 10.0. The Labute approximate surface area is 258 Å². The molecule has 4 bridgehead atoms. The monoisotopic (exact) mass is 567 g/mol. The van der Waals surface area contributed by atoms with Gasteiger partial charge in [-0.25, -0.2) is 15.0 Å². The molecule has 0 aliphatic heterocycles. The molecule has 0 unspecified atom stereocenters. The predicted molar refractivity (Wildman–Crippen MR) is 177 cm³/mol. The molecular weight excluding hydrogens is 534 g/mol. The van der Waals surface area contributed by atoms with Gasteiger partial charge in [0.2, 0.25) is 0 Å². The third kappa shape index (κ3) is 3.41. The summed E-state index contributed by atoms with van der Waals surface area (Å²) in [4.78, 5) is 15.2. The maximum Gasteiger partial charge on any atom is 0.164 e. The van der Waals surface area contributed by atoms with Crippen molar-refractivity contribution < 1.29 is 0 Å². The number of aromatic nitrogens is 3. The number of nitrogens with zero attached hydrogens (tertiary/aromatic N) is 3. The van der Waals surface area contributed by atoms with E-state index in [1.165, 1.54) is 59.6 Å². The van der Waals surface area contributed by atoms with Crippen molar-refractivity contribution in [2.75, 3.05) is 0 Å². The number of benzene rings is 5. The van der Waals surface area contributed by atoms with E-state index in [1.54, 1.807) is 5.56 Å². The normalized spacial score (nSPS) is 25.8. The summed E-state index contributed by atoms with van der Waals surface area (Å²) < 4.78 is 0. The first kappa shape index (κ1) is 24.8. The van der Waals surface area contributed by atoms with Crippen LogP contribution in [0.15, 0.2) is 115 Å². The van der Waals surface area contributed by atoms with Crippen LogP contribution >= 0.6 is 0 Å². The van der Waals surface area contributed by atoms with Gasteiger partial charge in [0.1, 0.15) is 0 Å². The Morgan fingerprint density at radius 3 is 1.68 bits per heavy atom. The highest BCUT2D eigenvalue weighted by Gasteiger charge is 2.61. The van der Waals surface area contributed by atoms with Crippen LogP contribution in [0.2, 0.25) is 0 Å². The van der Waals surface area contributed by atoms with Gasteiger partial charge in [-0.1, -0.05) is 109 Å². The summed E-state index contributed by atoms with van der Waals surface area (Å²) in [6.07, 6.45) is 6.92. The summed E-state index contributed by atoms with van der Waals surface area (Å²) in [6.45, 7) is 0. The Kier molecular flexibility index (Phi) is 5.17. The number of fused-ring (bicyclic) bond motifs is 5. The van der Waals surface area contributed by atoms with E-state index in [0.717, 1.165) is 34.4 Å². The van der Waals surface area contributed by atoms with Gasteiger partial charge < -0.3 is 0 Å². The van der Waals surface area contributed by atoms with E-state index in [4.69, 9.17) is 15.0 Å². The molecule has 1 spiro atoms. The topological polar surface area (TPSA) is 38.7 Å². The van der Waals surface area contributed by atoms with Crippen LogP contribution in [-0.4, -0.2) is 15.0 Å². The standard InChI is InChI=1S/C41H33N3/c1-3-10-28(11-4-1)38-42-39(29-12-5-2-6-13-29)44-40(43-38)30-15-17-34-36(24-30)41(31-20-25-19-26(22-31)23-32(41)21-25)35-18-16-27-9-7-8-14-33(27)37(34)35/h1-18,24-26,31-32H,19-23H2. The molecule has 212 valence electrons. The Hall–Kier alpha value is -4.63. The van der Waals surface area contributed by atoms with Gasteiger partial charge in [0, 0.05) is 22.1 Å². The first-order chi connectivity index (χ1) is 21.8. The van der Waals surface area contributed by atoms with Gasteiger partial charge >= 0.3 is 0 Å². The highest BCUT2D eigenvalue weighted by atomic mass is 15.0. The summed E-state index contributed by atoms with van der Waals surface area (Å²) in [6, 6.07) is 41.6. The van der Waals surface area contributed by atoms with Gasteiger partial charge in [-0.15, -0.1) is 0 Å². The van der Waals surface area contributed by atoms with E-state index in [1.807, 2.05) is 36.4 Å². The number of hydrogen-bond donors (Lipinski definition) is 0. The molecule has 5 aliphatic rings. The summed E-state index contributed by atoms with van der Waals surface area (Å²) in [7, 11) is 0. The van der Waals surface area contributed by atoms with E-state index in [-0.39, 0.29) is 5.41 Å². The molecule has 0 N–H and O–H groups in total. The predicted octanol–water partition coefficient (Wildman–Crippen LogP) is 9.75. The molecule has 44 heavy (non-hydrogen) atoms. The van der Waals surface area contributed by atoms with E-state index < -0.39 is 0 Å². The zero-order chi connectivity index (χ0) is 28.8. The largest absolute Gasteiger partial charge is 0.208 e. The third-order valence-electron chi connectivity index (χ3n) is 11.5. The van der Waals surface area contributed by atoms with Crippen LogP contribution in [0.3, 0.4) is 0 Å². The third-order valence-corrected chi connectivity index (χ3v) is 11.5. The molecule has 4 fully saturated rings. The minimum atomic E-state index is 0.0790. The average molecular weight is 568 g/mol. The van der Waals surface area contributed by atoms with Gasteiger partial charge in [0.15, 0.2) is 17.5 Å². The smallest absolute Gasteiger partial charge is 0.164 e. The highest BCUT2D eigenvalue weighted by molar-refractivity contribution is 6.03. The molecule has 0 amide bonds. The highest BCUT2D eigenvalue weighted by Crippen LogP contribution is 2.70. The first-order valence-electron chi connectivity index (χ1n) is 16.3. The zero-order valence-electron chi connectivity index (χ0n) is 24.7. The Morgan fingerprint density at radius 1 is 0.477 bits per heavy atom. The van der Waals surface area contributed by atoms with Crippen molar-refractivity contribution in [2.24, 2.45) is 23.7 Å². The van der Waals surface area contributed by atoms with Crippen LogP contribution in [0.5, 0.6) is 0 Å². The lowest BCUT2D eigenvalue weighted by Gasteiger charge is -2.61. The van der Waals surface area contributed by atoms with Crippen LogP contribution in [0, 0.1) is 23.7 Å². The average Bonchev–Trinajstić information content (AvgIpc) is 3.38. The fourth-order valence-corrected chi connectivity index (χ4v) is 10.0.